The molecule has 0 amide bonds. The first-order chi connectivity index (χ1) is 10.4. The van der Waals surface area contributed by atoms with E-state index in [-0.39, 0.29) is 5.97 Å². The van der Waals surface area contributed by atoms with Crippen molar-refractivity contribution in [2.75, 3.05) is 11.1 Å². The number of rotatable bonds is 4. The Balaban J connectivity index is 2.25. The van der Waals surface area contributed by atoms with E-state index in [1.165, 1.54) is 0 Å². The summed E-state index contributed by atoms with van der Waals surface area (Å²) in [5.74, 6) is 0.956. The number of carbonyl (C=O) groups excluding carboxylic acids is 1. The summed E-state index contributed by atoms with van der Waals surface area (Å²) < 4.78 is 5.25. The van der Waals surface area contributed by atoms with Crippen molar-refractivity contribution in [3.8, 4) is 5.75 Å². The molecule has 0 spiro atoms. The van der Waals surface area contributed by atoms with Gasteiger partial charge in [-0.1, -0.05) is 6.92 Å². The minimum atomic E-state index is -0.246. The molecule has 5 heteroatoms. The lowest BCUT2D eigenvalue weighted by Crippen LogP contribution is -2.07. The van der Waals surface area contributed by atoms with Gasteiger partial charge in [-0.2, -0.15) is 0 Å². The predicted molar refractivity (Wildman–Crippen MR) is 88.5 cm³/mol. The highest BCUT2D eigenvalue weighted by molar-refractivity contribution is 5.74. The number of benzene rings is 1. The van der Waals surface area contributed by atoms with Gasteiger partial charge in [0, 0.05) is 17.8 Å². The summed E-state index contributed by atoms with van der Waals surface area (Å²) in [4.78, 5) is 15.8. The second-order valence-electron chi connectivity index (χ2n) is 5.28. The molecule has 0 fully saturated rings. The Morgan fingerprint density at radius 2 is 1.95 bits per heavy atom. The second-order valence-corrected chi connectivity index (χ2v) is 5.28. The molecule has 0 aliphatic heterocycles. The quantitative estimate of drug-likeness (QED) is 0.665. The van der Waals surface area contributed by atoms with Crippen LogP contribution >= 0.6 is 0 Å². The van der Waals surface area contributed by atoms with Gasteiger partial charge in [0.25, 0.3) is 0 Å². The van der Waals surface area contributed by atoms with E-state index >= 15 is 0 Å². The molecule has 0 bridgehead atoms. The maximum Gasteiger partial charge on any atom is 0.310 e. The van der Waals surface area contributed by atoms with Crippen molar-refractivity contribution in [3.63, 3.8) is 0 Å². The van der Waals surface area contributed by atoms with Crippen molar-refractivity contribution in [1.82, 2.24) is 4.98 Å². The first-order valence-electron chi connectivity index (χ1n) is 7.22. The van der Waals surface area contributed by atoms with Gasteiger partial charge in [0.05, 0.1) is 5.69 Å². The largest absolute Gasteiger partial charge is 0.426 e. The van der Waals surface area contributed by atoms with Crippen LogP contribution in [0, 0.1) is 20.8 Å². The van der Waals surface area contributed by atoms with E-state index in [1.54, 1.807) is 13.0 Å². The van der Waals surface area contributed by atoms with Gasteiger partial charge in [0.15, 0.2) is 5.82 Å². The maximum atomic E-state index is 11.4. The lowest BCUT2D eigenvalue weighted by molar-refractivity contribution is -0.134. The fourth-order valence-corrected chi connectivity index (χ4v) is 2.12. The number of nitrogens with zero attached hydrogens (tertiary/aromatic N) is 1. The molecule has 0 atom stereocenters. The molecular weight excluding hydrogens is 278 g/mol. The summed E-state index contributed by atoms with van der Waals surface area (Å²) in [6.45, 7) is 7.54. The van der Waals surface area contributed by atoms with Gasteiger partial charge >= 0.3 is 5.97 Å². The molecule has 5 nitrogen and oxygen atoms in total. The third kappa shape index (κ3) is 3.55. The van der Waals surface area contributed by atoms with Crippen LogP contribution in [0.15, 0.2) is 24.3 Å². The highest BCUT2D eigenvalue weighted by Gasteiger charge is 2.09. The van der Waals surface area contributed by atoms with Crippen molar-refractivity contribution >= 4 is 23.2 Å². The smallest absolute Gasteiger partial charge is 0.310 e. The minimum absolute atomic E-state index is 0.246. The van der Waals surface area contributed by atoms with E-state index in [9.17, 15) is 4.79 Å². The molecule has 1 heterocycles. The normalized spacial score (nSPS) is 10.4. The molecule has 0 saturated heterocycles. The molecule has 3 N–H and O–H groups in total. The van der Waals surface area contributed by atoms with Gasteiger partial charge in [0.1, 0.15) is 5.75 Å². The molecule has 0 aliphatic carbocycles. The van der Waals surface area contributed by atoms with Crippen LogP contribution in [0.2, 0.25) is 0 Å². The van der Waals surface area contributed by atoms with Crippen molar-refractivity contribution in [1.29, 1.82) is 0 Å². The molecule has 22 heavy (non-hydrogen) atoms. The number of carbonyl (C=O) groups is 1. The Hall–Kier alpha value is -2.56. The third-order valence-corrected chi connectivity index (χ3v) is 3.34. The van der Waals surface area contributed by atoms with E-state index in [1.807, 2.05) is 39.0 Å². The zero-order chi connectivity index (χ0) is 16.3. The van der Waals surface area contributed by atoms with Crippen LogP contribution < -0.4 is 15.8 Å². The van der Waals surface area contributed by atoms with Crippen molar-refractivity contribution < 1.29 is 9.53 Å². The standard InChI is InChI=1S/C17H21N3O2/c1-5-15(21)22-14-7-6-13(9-10(14)2)20-17-16(18)11(3)8-12(4)19-17/h6-9H,5,18H2,1-4H3,(H,19,20). The van der Waals surface area contributed by atoms with Gasteiger partial charge in [-0.25, -0.2) is 4.98 Å². The first kappa shape index (κ1) is 15.8. The predicted octanol–water partition coefficient (Wildman–Crippen LogP) is 3.65. The number of nitrogens with one attached hydrogen (secondary N) is 1. The number of aryl methyl sites for hydroxylation is 3. The summed E-state index contributed by atoms with van der Waals surface area (Å²) in [5, 5.41) is 3.21. The monoisotopic (exact) mass is 299 g/mol. The highest BCUT2D eigenvalue weighted by Crippen LogP contribution is 2.28. The highest BCUT2D eigenvalue weighted by atomic mass is 16.5. The van der Waals surface area contributed by atoms with Gasteiger partial charge in [0.2, 0.25) is 0 Å². The number of nitrogen functional groups attached to an aromatic ring is 1. The SMILES string of the molecule is CCC(=O)Oc1ccc(Nc2nc(C)cc(C)c2N)cc1C. The second kappa shape index (κ2) is 6.47. The number of anilines is 3. The van der Waals surface area contributed by atoms with E-state index < -0.39 is 0 Å². The number of hydrogen-bond donors (Lipinski definition) is 2. The van der Waals surface area contributed by atoms with Crippen LogP contribution in [0.5, 0.6) is 5.75 Å². The van der Waals surface area contributed by atoms with Crippen molar-refractivity contribution in [3.05, 3.63) is 41.1 Å². The summed E-state index contributed by atoms with van der Waals surface area (Å²) in [7, 11) is 0. The van der Waals surface area contributed by atoms with Crippen LogP contribution in [0.1, 0.15) is 30.2 Å². The van der Waals surface area contributed by atoms with Crippen LogP contribution in [-0.4, -0.2) is 11.0 Å². The third-order valence-electron chi connectivity index (χ3n) is 3.34. The van der Waals surface area contributed by atoms with Crippen LogP contribution in [-0.2, 0) is 4.79 Å². The molecular formula is C17H21N3O2. The zero-order valence-electron chi connectivity index (χ0n) is 13.4. The number of esters is 1. The average molecular weight is 299 g/mol. The van der Waals surface area contributed by atoms with E-state index in [0.717, 1.165) is 22.5 Å². The molecule has 1 aromatic carbocycles. The molecule has 1 aromatic heterocycles. The maximum absolute atomic E-state index is 11.4. The minimum Gasteiger partial charge on any atom is -0.426 e. The Labute approximate surface area is 130 Å². The first-order valence-corrected chi connectivity index (χ1v) is 7.22. The van der Waals surface area contributed by atoms with Crippen LogP contribution in [0.4, 0.5) is 17.2 Å². The zero-order valence-corrected chi connectivity index (χ0v) is 13.4. The molecule has 0 unspecified atom stereocenters. The molecule has 0 aliphatic rings. The van der Waals surface area contributed by atoms with Gasteiger partial charge in [-0.3, -0.25) is 4.79 Å². The lowest BCUT2D eigenvalue weighted by Gasteiger charge is -2.13. The number of hydrogen-bond acceptors (Lipinski definition) is 5. The van der Waals surface area contributed by atoms with E-state index in [4.69, 9.17) is 10.5 Å². The molecule has 0 radical (unpaired) electrons. The van der Waals surface area contributed by atoms with Crippen molar-refractivity contribution in [2.45, 2.75) is 34.1 Å². The Bertz CT molecular complexity index is 711. The fraction of sp³-hybridized carbons (Fsp3) is 0.294. The van der Waals surface area contributed by atoms with Gasteiger partial charge < -0.3 is 15.8 Å². The van der Waals surface area contributed by atoms with E-state index in [0.29, 0.717) is 23.7 Å². The molecule has 2 rings (SSSR count). The van der Waals surface area contributed by atoms with Gasteiger partial charge in [-0.15, -0.1) is 0 Å². The Kier molecular flexibility index (Phi) is 4.65. The molecule has 116 valence electrons. The fourth-order valence-electron chi connectivity index (χ4n) is 2.12. The van der Waals surface area contributed by atoms with Crippen LogP contribution in [0.25, 0.3) is 0 Å². The number of aromatic nitrogens is 1. The number of pyridine rings is 1. The Morgan fingerprint density at radius 3 is 2.59 bits per heavy atom. The summed E-state index contributed by atoms with van der Waals surface area (Å²) in [6, 6.07) is 7.45. The number of nitrogens with two attached hydrogens (primary N) is 1. The van der Waals surface area contributed by atoms with Gasteiger partial charge in [-0.05, 0) is 56.2 Å². The summed E-state index contributed by atoms with van der Waals surface area (Å²) in [5.41, 5.74) is 10.3. The summed E-state index contributed by atoms with van der Waals surface area (Å²) >= 11 is 0. The van der Waals surface area contributed by atoms with Crippen molar-refractivity contribution in [2.24, 2.45) is 0 Å². The molecule has 0 saturated carbocycles. The molecule has 2 aromatic rings. The van der Waals surface area contributed by atoms with Crippen LogP contribution in [0.3, 0.4) is 0 Å². The summed E-state index contributed by atoms with van der Waals surface area (Å²) in [6.07, 6.45) is 0.350. The van der Waals surface area contributed by atoms with E-state index in [2.05, 4.69) is 10.3 Å². The lowest BCUT2D eigenvalue weighted by atomic mass is 10.2. The average Bonchev–Trinajstić information content (AvgIpc) is 2.47. The number of ether oxygens (including phenoxy) is 1. The topological polar surface area (TPSA) is 77.2 Å². The Morgan fingerprint density at radius 1 is 1.23 bits per heavy atom.